The van der Waals surface area contributed by atoms with Crippen LogP contribution in [0.25, 0.3) is 0 Å². The molecule has 5 nitrogen and oxygen atoms in total. The first-order chi connectivity index (χ1) is 8.83. The number of hydrogen-bond acceptors (Lipinski definition) is 5. The Labute approximate surface area is 126 Å². The van der Waals surface area contributed by atoms with E-state index in [-0.39, 0.29) is 0 Å². The number of thiazole rings is 1. The molecular formula is C12H19BrN2O3S. The monoisotopic (exact) mass is 350 g/mol. The lowest BCUT2D eigenvalue weighted by Crippen LogP contribution is -2.38. The average molecular weight is 351 g/mol. The molecule has 0 saturated carbocycles. The molecule has 0 aliphatic carbocycles. The molecule has 1 aromatic rings. The number of carbonyl (C=O) groups excluding carboxylic acids is 1. The maximum atomic E-state index is 12.2. The zero-order valence-corrected chi connectivity index (χ0v) is 14.0. The fourth-order valence-electron chi connectivity index (χ4n) is 1.25. The standard InChI is InChI=1S/C12H19BrN2O3S/c1-5-17-7-6-15(10-14-8-9(13)19-10)11(16)18-12(2,3)4/h8H,5-7H2,1-4H3. The Morgan fingerprint density at radius 3 is 2.68 bits per heavy atom. The van der Waals surface area contributed by atoms with Gasteiger partial charge in [0.2, 0.25) is 0 Å². The van der Waals surface area contributed by atoms with Gasteiger partial charge in [-0.25, -0.2) is 9.78 Å². The third-order valence-electron chi connectivity index (χ3n) is 1.97. The van der Waals surface area contributed by atoms with Gasteiger partial charge in [-0.3, -0.25) is 4.90 Å². The Morgan fingerprint density at radius 1 is 1.53 bits per heavy atom. The third kappa shape index (κ3) is 5.88. The zero-order chi connectivity index (χ0) is 14.5. The van der Waals surface area contributed by atoms with Gasteiger partial charge in [-0.2, -0.15) is 0 Å². The van der Waals surface area contributed by atoms with E-state index in [1.807, 2.05) is 27.7 Å². The van der Waals surface area contributed by atoms with Crippen LogP contribution in [0.3, 0.4) is 0 Å². The molecule has 1 amide bonds. The van der Waals surface area contributed by atoms with Gasteiger partial charge >= 0.3 is 6.09 Å². The van der Waals surface area contributed by atoms with Crippen molar-refractivity contribution in [2.75, 3.05) is 24.7 Å². The number of amides is 1. The Morgan fingerprint density at radius 2 is 2.21 bits per heavy atom. The summed E-state index contributed by atoms with van der Waals surface area (Å²) in [5, 5.41) is 0.598. The first-order valence-corrected chi connectivity index (χ1v) is 7.64. The summed E-state index contributed by atoms with van der Waals surface area (Å²) in [4.78, 5) is 17.8. The molecule has 0 N–H and O–H groups in total. The van der Waals surface area contributed by atoms with E-state index in [4.69, 9.17) is 9.47 Å². The van der Waals surface area contributed by atoms with Gasteiger partial charge in [0.25, 0.3) is 0 Å². The highest BCUT2D eigenvalue weighted by molar-refractivity contribution is 9.11. The van der Waals surface area contributed by atoms with Gasteiger partial charge in [-0.05, 0) is 43.6 Å². The number of hydrogen-bond donors (Lipinski definition) is 0. The molecule has 1 heterocycles. The normalized spacial score (nSPS) is 11.4. The molecule has 0 aliphatic heterocycles. The Balaban J connectivity index is 2.77. The van der Waals surface area contributed by atoms with Gasteiger partial charge in [0.15, 0.2) is 5.13 Å². The fraction of sp³-hybridized carbons (Fsp3) is 0.667. The number of aromatic nitrogens is 1. The Hall–Kier alpha value is -0.660. The maximum Gasteiger partial charge on any atom is 0.416 e. The molecular weight excluding hydrogens is 332 g/mol. The fourth-order valence-corrected chi connectivity index (χ4v) is 2.45. The van der Waals surface area contributed by atoms with E-state index in [0.717, 1.165) is 3.79 Å². The van der Waals surface area contributed by atoms with E-state index in [1.165, 1.54) is 16.2 Å². The first-order valence-electron chi connectivity index (χ1n) is 6.03. The summed E-state index contributed by atoms with van der Waals surface area (Å²) < 4.78 is 11.5. The van der Waals surface area contributed by atoms with E-state index in [9.17, 15) is 4.79 Å². The Kier molecular flexibility index (Phi) is 6.22. The van der Waals surface area contributed by atoms with Crippen LogP contribution in [0.15, 0.2) is 9.98 Å². The minimum atomic E-state index is -0.532. The molecule has 0 spiro atoms. The van der Waals surface area contributed by atoms with E-state index >= 15 is 0 Å². The molecule has 0 saturated heterocycles. The minimum absolute atomic E-state index is 0.408. The quantitative estimate of drug-likeness (QED) is 0.760. The van der Waals surface area contributed by atoms with Crippen LogP contribution in [0.1, 0.15) is 27.7 Å². The van der Waals surface area contributed by atoms with Gasteiger partial charge in [0.05, 0.1) is 23.1 Å². The molecule has 0 atom stereocenters. The molecule has 0 unspecified atom stereocenters. The largest absolute Gasteiger partial charge is 0.443 e. The summed E-state index contributed by atoms with van der Waals surface area (Å²) in [6.45, 7) is 8.91. The van der Waals surface area contributed by atoms with Crippen LogP contribution in [-0.2, 0) is 9.47 Å². The van der Waals surface area contributed by atoms with Gasteiger partial charge in [0, 0.05) is 6.61 Å². The second-order valence-corrected chi connectivity index (χ2v) is 7.16. The first kappa shape index (κ1) is 16.4. The van der Waals surface area contributed by atoms with Gasteiger partial charge in [-0.1, -0.05) is 11.3 Å². The van der Waals surface area contributed by atoms with Crippen molar-refractivity contribution >= 4 is 38.5 Å². The van der Waals surface area contributed by atoms with Crippen LogP contribution >= 0.6 is 27.3 Å². The molecule has 1 rings (SSSR count). The summed E-state index contributed by atoms with van der Waals surface area (Å²) in [5.41, 5.74) is -0.532. The topological polar surface area (TPSA) is 51.7 Å². The van der Waals surface area contributed by atoms with E-state index < -0.39 is 11.7 Å². The number of ether oxygens (including phenoxy) is 2. The van der Waals surface area contributed by atoms with Gasteiger partial charge in [0.1, 0.15) is 5.60 Å². The predicted molar refractivity (Wildman–Crippen MR) is 79.9 cm³/mol. The molecule has 0 fully saturated rings. The lowest BCUT2D eigenvalue weighted by atomic mass is 10.2. The highest BCUT2D eigenvalue weighted by Crippen LogP contribution is 2.27. The van der Waals surface area contributed by atoms with Gasteiger partial charge in [-0.15, -0.1) is 0 Å². The molecule has 0 aliphatic rings. The summed E-state index contributed by atoms with van der Waals surface area (Å²) in [6.07, 6.45) is 1.26. The van der Waals surface area contributed by atoms with Crippen LogP contribution in [0.5, 0.6) is 0 Å². The van der Waals surface area contributed by atoms with Crippen molar-refractivity contribution in [3.63, 3.8) is 0 Å². The van der Waals surface area contributed by atoms with Crippen LogP contribution in [0.4, 0.5) is 9.93 Å². The van der Waals surface area contributed by atoms with Crippen molar-refractivity contribution in [1.82, 2.24) is 4.98 Å². The number of nitrogens with zero attached hydrogens (tertiary/aromatic N) is 2. The number of carbonyl (C=O) groups is 1. The maximum absolute atomic E-state index is 12.2. The lowest BCUT2D eigenvalue weighted by Gasteiger charge is -2.25. The van der Waals surface area contributed by atoms with Crippen molar-refractivity contribution in [2.45, 2.75) is 33.3 Å². The summed E-state index contributed by atoms with van der Waals surface area (Å²) in [7, 11) is 0. The second kappa shape index (κ2) is 7.21. The average Bonchev–Trinajstić information content (AvgIpc) is 2.68. The lowest BCUT2D eigenvalue weighted by molar-refractivity contribution is 0.0563. The van der Waals surface area contributed by atoms with Gasteiger partial charge < -0.3 is 9.47 Å². The van der Waals surface area contributed by atoms with Crippen molar-refractivity contribution in [3.05, 3.63) is 9.98 Å². The highest BCUT2D eigenvalue weighted by Gasteiger charge is 2.25. The van der Waals surface area contributed by atoms with Crippen LogP contribution < -0.4 is 4.90 Å². The highest BCUT2D eigenvalue weighted by atomic mass is 79.9. The molecule has 108 valence electrons. The third-order valence-corrected chi connectivity index (χ3v) is 3.47. The van der Waals surface area contributed by atoms with Crippen molar-refractivity contribution in [1.29, 1.82) is 0 Å². The van der Waals surface area contributed by atoms with Crippen molar-refractivity contribution in [3.8, 4) is 0 Å². The van der Waals surface area contributed by atoms with Crippen molar-refractivity contribution in [2.24, 2.45) is 0 Å². The minimum Gasteiger partial charge on any atom is -0.443 e. The van der Waals surface area contributed by atoms with Crippen LogP contribution in [0.2, 0.25) is 0 Å². The number of halogens is 1. The number of rotatable bonds is 5. The van der Waals surface area contributed by atoms with Crippen molar-refractivity contribution < 1.29 is 14.3 Å². The SMILES string of the molecule is CCOCCN(C(=O)OC(C)(C)C)c1ncc(Br)s1. The summed E-state index contributed by atoms with van der Waals surface area (Å²) in [6, 6.07) is 0. The Bertz CT molecular complexity index is 417. The van der Waals surface area contributed by atoms with E-state index in [0.29, 0.717) is 24.9 Å². The summed E-state index contributed by atoms with van der Waals surface area (Å²) in [5.74, 6) is 0. The molecule has 1 aromatic heterocycles. The zero-order valence-electron chi connectivity index (χ0n) is 11.6. The molecule has 0 aromatic carbocycles. The molecule has 19 heavy (non-hydrogen) atoms. The number of anilines is 1. The predicted octanol–water partition coefficient (Wildman–Crippen LogP) is 3.68. The molecule has 0 bridgehead atoms. The van der Waals surface area contributed by atoms with Crippen LogP contribution in [0, 0.1) is 0 Å². The molecule has 0 radical (unpaired) electrons. The van der Waals surface area contributed by atoms with E-state index in [1.54, 1.807) is 6.20 Å². The second-order valence-electron chi connectivity index (χ2n) is 4.78. The smallest absolute Gasteiger partial charge is 0.416 e. The molecule has 7 heteroatoms. The van der Waals surface area contributed by atoms with Crippen LogP contribution in [-0.4, -0.2) is 36.4 Å². The summed E-state index contributed by atoms with van der Waals surface area (Å²) >= 11 is 4.72. The van der Waals surface area contributed by atoms with E-state index in [2.05, 4.69) is 20.9 Å².